The van der Waals surface area contributed by atoms with Crippen molar-refractivity contribution in [3.63, 3.8) is 0 Å². The number of nitro groups is 1. The predicted octanol–water partition coefficient (Wildman–Crippen LogP) is 1.55. The van der Waals surface area contributed by atoms with Crippen molar-refractivity contribution < 1.29 is 4.92 Å². The lowest BCUT2D eigenvalue weighted by atomic mass is 10.1. The Labute approximate surface area is 115 Å². The third kappa shape index (κ3) is 2.82. The lowest BCUT2D eigenvalue weighted by Gasteiger charge is -2.10. The molecule has 104 valence electrons. The van der Waals surface area contributed by atoms with Gasteiger partial charge in [0.05, 0.1) is 11.5 Å². The summed E-state index contributed by atoms with van der Waals surface area (Å²) in [4.78, 5) is 25.8. The Morgan fingerprint density at radius 2 is 2.20 bits per heavy atom. The van der Waals surface area contributed by atoms with Crippen LogP contribution in [0.4, 0.5) is 11.4 Å². The van der Waals surface area contributed by atoms with Crippen LogP contribution in [0, 0.1) is 17.0 Å². The molecule has 0 aliphatic heterocycles. The molecule has 1 heterocycles. The maximum atomic E-state index is 11.7. The van der Waals surface area contributed by atoms with Gasteiger partial charge in [0, 0.05) is 42.8 Å². The van der Waals surface area contributed by atoms with Crippen LogP contribution in [0.15, 0.2) is 35.4 Å². The van der Waals surface area contributed by atoms with Crippen LogP contribution in [-0.4, -0.2) is 21.5 Å². The number of nitrogens with one attached hydrogen (secondary N) is 1. The first kappa shape index (κ1) is 13.7. The number of non-ortho nitro benzene ring substituents is 1. The summed E-state index contributed by atoms with van der Waals surface area (Å²) in [7, 11) is 1.72. The second-order valence-electron chi connectivity index (χ2n) is 4.39. The maximum absolute atomic E-state index is 11.7. The fraction of sp³-hybridized carbons (Fsp3) is 0.231. The van der Waals surface area contributed by atoms with Gasteiger partial charge in [0.15, 0.2) is 0 Å². The van der Waals surface area contributed by atoms with Crippen LogP contribution in [-0.2, 0) is 6.54 Å². The molecule has 0 saturated carbocycles. The quantitative estimate of drug-likeness (QED) is 0.674. The van der Waals surface area contributed by atoms with Crippen LogP contribution >= 0.6 is 0 Å². The number of aromatic nitrogens is 2. The number of aryl methyl sites for hydroxylation is 1. The number of benzene rings is 1. The van der Waals surface area contributed by atoms with E-state index in [-0.39, 0.29) is 17.9 Å². The number of anilines is 1. The Bertz CT molecular complexity index is 709. The lowest BCUT2D eigenvalue weighted by molar-refractivity contribution is -0.384. The van der Waals surface area contributed by atoms with Gasteiger partial charge in [-0.2, -0.15) is 0 Å². The summed E-state index contributed by atoms with van der Waals surface area (Å²) in [5.41, 5.74) is 1.86. The molecule has 0 bridgehead atoms. The van der Waals surface area contributed by atoms with Crippen molar-refractivity contribution in [2.24, 2.45) is 0 Å². The van der Waals surface area contributed by atoms with Gasteiger partial charge < -0.3 is 5.32 Å². The van der Waals surface area contributed by atoms with Gasteiger partial charge in [0.25, 0.3) is 5.69 Å². The van der Waals surface area contributed by atoms with Gasteiger partial charge >= 0.3 is 5.69 Å². The Morgan fingerprint density at radius 1 is 1.45 bits per heavy atom. The maximum Gasteiger partial charge on any atom is 0.347 e. The molecule has 0 amide bonds. The first-order valence-electron chi connectivity index (χ1n) is 5.99. The minimum atomic E-state index is -0.458. The third-order valence-electron chi connectivity index (χ3n) is 2.89. The molecule has 0 radical (unpaired) electrons. The average molecular weight is 274 g/mol. The molecule has 20 heavy (non-hydrogen) atoms. The molecule has 7 heteroatoms. The molecule has 7 nitrogen and oxygen atoms in total. The summed E-state index contributed by atoms with van der Waals surface area (Å²) in [6, 6.07) is 4.51. The molecule has 2 aromatic rings. The first-order chi connectivity index (χ1) is 9.51. The summed E-state index contributed by atoms with van der Waals surface area (Å²) < 4.78 is 1.43. The van der Waals surface area contributed by atoms with Crippen LogP contribution in [0.5, 0.6) is 0 Å². The minimum Gasteiger partial charge on any atom is -0.388 e. The van der Waals surface area contributed by atoms with E-state index in [0.29, 0.717) is 5.56 Å². The van der Waals surface area contributed by atoms with Crippen molar-refractivity contribution in [2.45, 2.75) is 13.5 Å². The molecule has 0 spiro atoms. The highest BCUT2D eigenvalue weighted by molar-refractivity contribution is 5.55. The van der Waals surface area contributed by atoms with Gasteiger partial charge in [-0.25, -0.2) is 9.78 Å². The fourth-order valence-electron chi connectivity index (χ4n) is 1.93. The molecule has 1 aromatic carbocycles. The molecular formula is C13H14N4O3. The normalized spacial score (nSPS) is 10.3. The van der Waals surface area contributed by atoms with Crippen LogP contribution in [0.3, 0.4) is 0 Å². The van der Waals surface area contributed by atoms with Gasteiger partial charge in [0.2, 0.25) is 0 Å². The Kier molecular flexibility index (Phi) is 3.79. The average Bonchev–Trinajstić information content (AvgIpc) is 2.42. The molecule has 1 aromatic heterocycles. The van der Waals surface area contributed by atoms with Crippen molar-refractivity contribution >= 4 is 11.4 Å². The standard InChI is InChI=1S/C13H14N4O3/c1-9-6-15-13(18)16(7-9)8-10-5-11(17(19)20)3-4-12(10)14-2/h3-7,14H,8H2,1-2H3. The first-order valence-corrected chi connectivity index (χ1v) is 5.99. The Hall–Kier alpha value is -2.70. The number of hydrogen-bond acceptors (Lipinski definition) is 5. The second-order valence-corrected chi connectivity index (χ2v) is 4.39. The van der Waals surface area contributed by atoms with E-state index in [2.05, 4.69) is 10.3 Å². The summed E-state index contributed by atoms with van der Waals surface area (Å²) in [6.45, 7) is 2.06. The highest BCUT2D eigenvalue weighted by Crippen LogP contribution is 2.22. The zero-order valence-electron chi connectivity index (χ0n) is 11.2. The van der Waals surface area contributed by atoms with Crippen LogP contribution in [0.25, 0.3) is 0 Å². The van der Waals surface area contributed by atoms with Crippen molar-refractivity contribution in [3.05, 3.63) is 62.3 Å². The highest BCUT2D eigenvalue weighted by atomic mass is 16.6. The van der Waals surface area contributed by atoms with E-state index in [1.807, 2.05) is 6.92 Å². The molecule has 1 N–H and O–H groups in total. The van der Waals surface area contributed by atoms with Gasteiger partial charge in [-0.3, -0.25) is 14.7 Å². The zero-order chi connectivity index (χ0) is 14.7. The van der Waals surface area contributed by atoms with Crippen LogP contribution < -0.4 is 11.0 Å². The van der Waals surface area contributed by atoms with Gasteiger partial charge in [0.1, 0.15) is 0 Å². The lowest BCUT2D eigenvalue weighted by Crippen LogP contribution is -2.23. The molecule has 0 aliphatic rings. The third-order valence-corrected chi connectivity index (χ3v) is 2.89. The minimum absolute atomic E-state index is 0.00680. The van der Waals surface area contributed by atoms with E-state index in [0.717, 1.165) is 11.3 Å². The van der Waals surface area contributed by atoms with Crippen molar-refractivity contribution in [1.29, 1.82) is 0 Å². The smallest absolute Gasteiger partial charge is 0.347 e. The topological polar surface area (TPSA) is 90.1 Å². The zero-order valence-corrected chi connectivity index (χ0v) is 11.2. The van der Waals surface area contributed by atoms with Crippen molar-refractivity contribution in [2.75, 3.05) is 12.4 Å². The molecule has 2 rings (SSSR count). The monoisotopic (exact) mass is 274 g/mol. The molecular weight excluding hydrogens is 260 g/mol. The van der Waals surface area contributed by atoms with Gasteiger partial charge in [-0.1, -0.05) is 0 Å². The number of nitrogens with zero attached hydrogens (tertiary/aromatic N) is 3. The highest BCUT2D eigenvalue weighted by Gasteiger charge is 2.11. The molecule has 0 fully saturated rings. The van der Waals surface area contributed by atoms with Gasteiger partial charge in [-0.05, 0) is 18.6 Å². The van der Waals surface area contributed by atoms with Gasteiger partial charge in [-0.15, -0.1) is 0 Å². The summed E-state index contributed by atoms with van der Waals surface area (Å²) in [5, 5.41) is 13.8. The van der Waals surface area contributed by atoms with E-state index in [9.17, 15) is 14.9 Å². The van der Waals surface area contributed by atoms with Crippen LogP contribution in [0.1, 0.15) is 11.1 Å². The second kappa shape index (κ2) is 5.52. The number of hydrogen-bond donors (Lipinski definition) is 1. The summed E-state index contributed by atoms with van der Waals surface area (Å²) in [6.07, 6.45) is 3.17. The van der Waals surface area contributed by atoms with E-state index < -0.39 is 4.92 Å². The number of rotatable bonds is 4. The van der Waals surface area contributed by atoms with E-state index in [4.69, 9.17) is 0 Å². The number of nitro benzene ring substituents is 1. The Balaban J connectivity index is 2.46. The SMILES string of the molecule is CNc1ccc([N+](=O)[O-])cc1Cn1cc(C)cnc1=O. The molecule has 0 atom stereocenters. The van der Waals surface area contributed by atoms with E-state index in [1.165, 1.54) is 22.9 Å². The predicted molar refractivity (Wildman–Crippen MR) is 75.0 cm³/mol. The molecule has 0 saturated heterocycles. The summed E-state index contributed by atoms with van der Waals surface area (Å²) in [5.74, 6) is 0. The van der Waals surface area contributed by atoms with E-state index >= 15 is 0 Å². The van der Waals surface area contributed by atoms with E-state index in [1.54, 1.807) is 19.3 Å². The molecule has 0 unspecified atom stereocenters. The Morgan fingerprint density at radius 3 is 2.85 bits per heavy atom. The molecule has 0 aliphatic carbocycles. The largest absolute Gasteiger partial charge is 0.388 e. The van der Waals surface area contributed by atoms with Crippen LogP contribution in [0.2, 0.25) is 0 Å². The summed E-state index contributed by atoms with van der Waals surface area (Å²) >= 11 is 0. The fourth-order valence-corrected chi connectivity index (χ4v) is 1.93. The van der Waals surface area contributed by atoms with Crippen molar-refractivity contribution in [3.8, 4) is 0 Å². The van der Waals surface area contributed by atoms with Crippen molar-refractivity contribution in [1.82, 2.24) is 9.55 Å².